The Morgan fingerprint density at radius 1 is 1.32 bits per heavy atom. The third kappa shape index (κ3) is 5.78. The highest BCUT2D eigenvalue weighted by Gasteiger charge is 2.11. The number of thioether (sulfide) groups is 1. The van der Waals surface area contributed by atoms with Crippen molar-refractivity contribution in [3.8, 4) is 5.75 Å². The molecule has 150 valence electrons. The Morgan fingerprint density at radius 2 is 2.04 bits per heavy atom. The van der Waals surface area contributed by atoms with E-state index >= 15 is 0 Å². The molecule has 1 aromatic heterocycles. The lowest BCUT2D eigenvalue weighted by Crippen LogP contribution is -2.20. The topological polar surface area (TPSA) is 104 Å². The minimum absolute atomic E-state index is 0.108. The van der Waals surface area contributed by atoms with Crippen LogP contribution in [0, 0.1) is 6.92 Å². The predicted molar refractivity (Wildman–Crippen MR) is 113 cm³/mol. The van der Waals surface area contributed by atoms with Gasteiger partial charge in [-0.1, -0.05) is 23.4 Å². The molecule has 0 aliphatic heterocycles. The Labute approximate surface area is 172 Å². The quantitative estimate of drug-likeness (QED) is 0.462. The molecule has 7 nitrogen and oxygen atoms in total. The summed E-state index contributed by atoms with van der Waals surface area (Å²) in [6, 6.07) is 10.2. The van der Waals surface area contributed by atoms with Crippen LogP contribution in [0.4, 0.5) is 5.69 Å². The maximum atomic E-state index is 11.2. The first-order valence-corrected chi connectivity index (χ1v) is 11.6. The average molecular weight is 442 g/mol. The number of hydrogen-bond donors (Lipinski definition) is 3. The highest BCUT2D eigenvalue weighted by atomic mass is 35.5. The SMILES string of the molecule is Cc1cc2[nH]c(SC[C@H](O)COc3ccc(NS(C)(=O)=O)cc3)nc2cc1Cl. The fourth-order valence-electron chi connectivity index (χ4n) is 2.43. The van der Waals surface area contributed by atoms with Gasteiger partial charge in [-0.05, 0) is 48.9 Å². The molecular formula is C18H20ClN3O4S2. The molecule has 3 N–H and O–H groups in total. The molecule has 28 heavy (non-hydrogen) atoms. The predicted octanol–water partition coefficient (Wildman–Crippen LogP) is 3.43. The van der Waals surface area contributed by atoms with Gasteiger partial charge in [0.15, 0.2) is 5.16 Å². The number of aliphatic hydroxyl groups excluding tert-OH is 1. The molecule has 0 unspecified atom stereocenters. The van der Waals surface area contributed by atoms with Crippen molar-refractivity contribution < 1.29 is 18.3 Å². The Morgan fingerprint density at radius 3 is 2.71 bits per heavy atom. The van der Waals surface area contributed by atoms with Crippen LogP contribution < -0.4 is 9.46 Å². The van der Waals surface area contributed by atoms with Gasteiger partial charge < -0.3 is 14.8 Å². The van der Waals surface area contributed by atoms with Crippen molar-refractivity contribution in [2.45, 2.75) is 18.2 Å². The van der Waals surface area contributed by atoms with Crippen molar-refractivity contribution in [3.63, 3.8) is 0 Å². The van der Waals surface area contributed by atoms with Gasteiger partial charge in [-0.25, -0.2) is 13.4 Å². The van der Waals surface area contributed by atoms with E-state index in [2.05, 4.69) is 14.7 Å². The Bertz CT molecular complexity index is 1030. The molecule has 1 atom stereocenters. The number of rotatable bonds is 8. The number of fused-ring (bicyclic) bond motifs is 1. The van der Waals surface area contributed by atoms with Gasteiger partial charge in [0.25, 0.3) is 0 Å². The number of aromatic nitrogens is 2. The molecule has 0 aliphatic rings. The van der Waals surface area contributed by atoms with Crippen molar-refractivity contribution in [1.82, 2.24) is 9.97 Å². The smallest absolute Gasteiger partial charge is 0.229 e. The fraction of sp³-hybridized carbons (Fsp3) is 0.278. The summed E-state index contributed by atoms with van der Waals surface area (Å²) in [6.07, 6.45) is 0.390. The number of benzene rings is 2. The summed E-state index contributed by atoms with van der Waals surface area (Å²) in [7, 11) is -3.31. The number of nitrogens with zero attached hydrogens (tertiary/aromatic N) is 1. The molecule has 2 aromatic carbocycles. The van der Waals surface area contributed by atoms with Gasteiger partial charge >= 0.3 is 0 Å². The van der Waals surface area contributed by atoms with Gasteiger partial charge in [0.2, 0.25) is 10.0 Å². The summed E-state index contributed by atoms with van der Waals surface area (Å²) in [4.78, 5) is 7.66. The lowest BCUT2D eigenvalue weighted by Gasteiger charge is -2.12. The molecule has 0 saturated carbocycles. The maximum absolute atomic E-state index is 11.2. The first-order chi connectivity index (χ1) is 13.2. The van der Waals surface area contributed by atoms with Crippen molar-refractivity contribution in [2.75, 3.05) is 23.3 Å². The van der Waals surface area contributed by atoms with Gasteiger partial charge in [-0.3, -0.25) is 4.72 Å². The number of aromatic amines is 1. The Hall–Kier alpha value is -1.94. The lowest BCUT2D eigenvalue weighted by molar-refractivity contribution is 0.126. The minimum Gasteiger partial charge on any atom is -0.491 e. The molecule has 1 heterocycles. The normalized spacial score (nSPS) is 12.9. The van der Waals surface area contributed by atoms with Crippen molar-refractivity contribution in [2.24, 2.45) is 0 Å². The Balaban J connectivity index is 1.50. The maximum Gasteiger partial charge on any atom is 0.229 e. The van der Waals surface area contributed by atoms with Gasteiger partial charge in [-0.15, -0.1) is 0 Å². The van der Waals surface area contributed by atoms with Crippen LogP contribution in [-0.2, 0) is 10.0 Å². The van der Waals surface area contributed by atoms with Gasteiger partial charge in [0, 0.05) is 16.5 Å². The summed E-state index contributed by atoms with van der Waals surface area (Å²) in [5.74, 6) is 0.942. The van der Waals surface area contributed by atoms with Crippen molar-refractivity contribution in [1.29, 1.82) is 0 Å². The molecule has 0 spiro atoms. The van der Waals surface area contributed by atoms with E-state index < -0.39 is 16.1 Å². The zero-order valence-corrected chi connectivity index (χ0v) is 17.7. The van der Waals surface area contributed by atoms with E-state index in [-0.39, 0.29) is 6.61 Å². The van der Waals surface area contributed by atoms with Crippen LogP contribution in [0.25, 0.3) is 11.0 Å². The molecule has 0 fully saturated rings. The molecule has 0 aliphatic carbocycles. The number of sulfonamides is 1. The van der Waals surface area contributed by atoms with Crippen LogP contribution >= 0.6 is 23.4 Å². The second kappa shape index (κ2) is 8.60. The van der Waals surface area contributed by atoms with Gasteiger partial charge in [0.05, 0.1) is 23.4 Å². The molecule has 3 aromatic rings. The number of aliphatic hydroxyl groups is 1. The van der Waals surface area contributed by atoms with E-state index in [0.29, 0.717) is 27.4 Å². The molecule has 0 amide bonds. The van der Waals surface area contributed by atoms with Crippen LogP contribution in [0.1, 0.15) is 5.56 Å². The minimum atomic E-state index is -3.31. The van der Waals surface area contributed by atoms with E-state index in [1.54, 1.807) is 24.3 Å². The number of imidazole rings is 1. The van der Waals surface area contributed by atoms with Crippen molar-refractivity contribution in [3.05, 3.63) is 47.0 Å². The first kappa shape index (κ1) is 20.8. The standard InChI is InChI=1S/C18H20ClN3O4S2/c1-11-7-16-17(8-15(11)19)21-18(20-16)27-10-13(23)9-26-14-5-3-12(4-6-14)22-28(2,24)25/h3-8,13,22-23H,9-10H2,1-2H3,(H,20,21)/t13-/m1/s1. The fourth-order valence-corrected chi connectivity index (χ4v) is 3.95. The van der Waals surface area contributed by atoms with Crippen LogP contribution in [0.2, 0.25) is 5.02 Å². The van der Waals surface area contributed by atoms with Crippen LogP contribution in [0.15, 0.2) is 41.6 Å². The largest absolute Gasteiger partial charge is 0.491 e. The number of ether oxygens (including phenoxy) is 1. The van der Waals surface area contributed by atoms with Crippen molar-refractivity contribution >= 4 is 50.1 Å². The van der Waals surface area contributed by atoms with Crippen LogP contribution in [0.5, 0.6) is 5.75 Å². The summed E-state index contributed by atoms with van der Waals surface area (Å²) >= 11 is 7.51. The van der Waals surface area contributed by atoms with E-state index in [1.165, 1.54) is 11.8 Å². The van der Waals surface area contributed by atoms with E-state index in [4.69, 9.17) is 16.3 Å². The van der Waals surface area contributed by atoms with Gasteiger partial charge in [0.1, 0.15) is 12.4 Å². The second-order valence-corrected chi connectivity index (χ2v) is 9.50. The number of hydrogen-bond acceptors (Lipinski definition) is 6. The Kier molecular flexibility index (Phi) is 6.39. The number of halogens is 1. The highest BCUT2D eigenvalue weighted by Crippen LogP contribution is 2.25. The number of H-pyrrole nitrogens is 1. The highest BCUT2D eigenvalue weighted by molar-refractivity contribution is 7.99. The third-order valence-electron chi connectivity index (χ3n) is 3.75. The molecule has 10 heteroatoms. The van der Waals surface area contributed by atoms with Crippen LogP contribution in [0.3, 0.4) is 0 Å². The second-order valence-electron chi connectivity index (χ2n) is 6.33. The summed E-state index contributed by atoms with van der Waals surface area (Å²) in [5.41, 5.74) is 3.11. The number of anilines is 1. The van der Waals surface area contributed by atoms with Gasteiger partial charge in [-0.2, -0.15) is 0 Å². The van der Waals surface area contributed by atoms with E-state index in [0.717, 1.165) is 22.9 Å². The summed E-state index contributed by atoms with van der Waals surface area (Å²) in [6.45, 7) is 2.04. The zero-order valence-electron chi connectivity index (χ0n) is 15.3. The molecule has 0 bridgehead atoms. The molecular weight excluding hydrogens is 422 g/mol. The number of nitrogens with one attached hydrogen (secondary N) is 2. The lowest BCUT2D eigenvalue weighted by atomic mass is 10.2. The number of aryl methyl sites for hydroxylation is 1. The molecule has 0 saturated heterocycles. The summed E-state index contributed by atoms with van der Waals surface area (Å²) in [5, 5.41) is 11.5. The van der Waals surface area contributed by atoms with E-state index in [1.807, 2.05) is 19.1 Å². The van der Waals surface area contributed by atoms with E-state index in [9.17, 15) is 13.5 Å². The first-order valence-electron chi connectivity index (χ1n) is 8.37. The van der Waals surface area contributed by atoms with Crippen LogP contribution in [-0.4, -0.2) is 48.2 Å². The monoisotopic (exact) mass is 441 g/mol. The molecule has 3 rings (SSSR count). The summed E-state index contributed by atoms with van der Waals surface area (Å²) < 4.78 is 30.3. The third-order valence-corrected chi connectivity index (χ3v) is 5.78. The average Bonchev–Trinajstić information content (AvgIpc) is 3.00. The zero-order chi connectivity index (χ0) is 20.3. The molecule has 0 radical (unpaired) electrons.